The van der Waals surface area contributed by atoms with Crippen molar-refractivity contribution in [1.82, 2.24) is 28.7 Å². The Hall–Kier alpha value is -3.07. The van der Waals surface area contributed by atoms with Crippen LogP contribution in [-0.4, -0.2) is 40.7 Å². The molecule has 0 spiro atoms. The van der Waals surface area contributed by atoms with E-state index in [9.17, 15) is 9.59 Å². The van der Waals surface area contributed by atoms with Crippen molar-refractivity contribution in [3.63, 3.8) is 0 Å². The molecule has 27 heavy (non-hydrogen) atoms. The summed E-state index contributed by atoms with van der Waals surface area (Å²) >= 11 is 1.59. The van der Waals surface area contributed by atoms with Crippen LogP contribution in [0, 0.1) is 0 Å². The lowest BCUT2D eigenvalue weighted by molar-refractivity contribution is 0.626. The molecule has 0 saturated carbocycles. The van der Waals surface area contributed by atoms with Gasteiger partial charge in [-0.05, 0) is 36.6 Å². The second-order valence-electron chi connectivity index (χ2n) is 6.07. The van der Waals surface area contributed by atoms with Crippen LogP contribution in [0.15, 0.2) is 58.5 Å². The van der Waals surface area contributed by atoms with E-state index in [4.69, 9.17) is 0 Å². The summed E-state index contributed by atoms with van der Waals surface area (Å²) in [4.78, 5) is 29.3. The predicted octanol–water partition coefficient (Wildman–Crippen LogP) is 1.43. The maximum atomic E-state index is 12.7. The quantitative estimate of drug-likeness (QED) is 0.522. The fourth-order valence-electron chi connectivity index (χ4n) is 3.01. The van der Waals surface area contributed by atoms with Crippen molar-refractivity contribution in [2.45, 2.75) is 6.54 Å². The summed E-state index contributed by atoms with van der Waals surface area (Å²) in [5, 5.41) is 5.41. The summed E-state index contributed by atoms with van der Waals surface area (Å²) in [5.41, 5.74) is 1.61. The highest BCUT2D eigenvalue weighted by Gasteiger charge is 2.15. The van der Waals surface area contributed by atoms with E-state index in [2.05, 4.69) is 10.1 Å². The predicted molar refractivity (Wildman–Crippen MR) is 106 cm³/mol. The zero-order chi connectivity index (χ0) is 19.0. The molecule has 0 aliphatic carbocycles. The van der Waals surface area contributed by atoms with Gasteiger partial charge in [-0.2, -0.15) is 21.5 Å². The topological polar surface area (TPSA) is 79.6 Å². The monoisotopic (exact) mass is 382 g/mol. The minimum atomic E-state index is -0.337. The zero-order valence-corrected chi connectivity index (χ0v) is 15.8. The Morgan fingerprint density at radius 3 is 2.70 bits per heavy atom. The number of rotatable bonds is 5. The van der Waals surface area contributed by atoms with Crippen LogP contribution in [0.5, 0.6) is 0 Å². The molecule has 0 unspecified atom stereocenters. The molecule has 0 fully saturated rings. The molecule has 9 heteroatoms. The highest BCUT2D eigenvalue weighted by Crippen LogP contribution is 2.18. The number of hydrogen-bond acceptors (Lipinski definition) is 5. The lowest BCUT2D eigenvalue weighted by atomic mass is 10.2. The standard InChI is InChI=1S/C18H18N6O2S/c1-21-17(25)22(8-9-27-2)18(26)24(21)14-5-6-16-13(10-14)12-23(20-16)15-4-3-7-19-11-15/h3-7,10-12H,8-9H2,1-2H3. The lowest BCUT2D eigenvalue weighted by Crippen LogP contribution is -2.29. The van der Waals surface area contributed by atoms with E-state index in [0.29, 0.717) is 18.0 Å². The van der Waals surface area contributed by atoms with Gasteiger partial charge in [-0.25, -0.2) is 23.5 Å². The van der Waals surface area contributed by atoms with Crippen LogP contribution in [0.25, 0.3) is 22.3 Å². The van der Waals surface area contributed by atoms with Gasteiger partial charge in [0.1, 0.15) is 0 Å². The van der Waals surface area contributed by atoms with Crippen LogP contribution >= 0.6 is 11.8 Å². The van der Waals surface area contributed by atoms with Crippen LogP contribution in [0.1, 0.15) is 0 Å². The number of nitrogens with zero attached hydrogens (tertiary/aromatic N) is 6. The molecule has 0 bridgehead atoms. The van der Waals surface area contributed by atoms with Crippen LogP contribution < -0.4 is 11.4 Å². The third kappa shape index (κ3) is 2.99. The Morgan fingerprint density at radius 2 is 1.96 bits per heavy atom. The molecule has 138 valence electrons. The van der Waals surface area contributed by atoms with Gasteiger partial charge in [-0.3, -0.25) is 4.98 Å². The van der Waals surface area contributed by atoms with E-state index < -0.39 is 0 Å². The number of pyridine rings is 1. The van der Waals surface area contributed by atoms with E-state index in [-0.39, 0.29) is 11.4 Å². The summed E-state index contributed by atoms with van der Waals surface area (Å²) in [5.74, 6) is 0.704. The average molecular weight is 382 g/mol. The molecule has 4 aromatic rings. The van der Waals surface area contributed by atoms with Crippen LogP contribution in [0.2, 0.25) is 0 Å². The van der Waals surface area contributed by atoms with Gasteiger partial charge in [0.05, 0.1) is 23.1 Å². The van der Waals surface area contributed by atoms with E-state index in [1.165, 1.54) is 13.9 Å². The molecule has 3 aromatic heterocycles. The second kappa shape index (κ2) is 6.92. The lowest BCUT2D eigenvalue weighted by Gasteiger charge is -2.04. The van der Waals surface area contributed by atoms with Gasteiger partial charge < -0.3 is 0 Å². The minimum absolute atomic E-state index is 0.319. The van der Waals surface area contributed by atoms with Gasteiger partial charge in [-0.15, -0.1) is 0 Å². The summed E-state index contributed by atoms with van der Waals surface area (Å²) < 4.78 is 5.74. The molecule has 0 atom stereocenters. The van der Waals surface area contributed by atoms with Crippen molar-refractivity contribution in [2.24, 2.45) is 7.05 Å². The van der Waals surface area contributed by atoms with Crippen molar-refractivity contribution >= 4 is 22.7 Å². The molecule has 1 aromatic carbocycles. The third-order valence-corrected chi connectivity index (χ3v) is 4.97. The first-order valence-electron chi connectivity index (χ1n) is 8.38. The first-order valence-corrected chi connectivity index (χ1v) is 9.77. The Morgan fingerprint density at radius 1 is 1.11 bits per heavy atom. The van der Waals surface area contributed by atoms with Crippen molar-refractivity contribution in [1.29, 1.82) is 0 Å². The maximum Gasteiger partial charge on any atom is 0.351 e. The highest BCUT2D eigenvalue weighted by atomic mass is 32.2. The number of hydrogen-bond donors (Lipinski definition) is 0. The smallest absolute Gasteiger partial charge is 0.262 e. The molecule has 0 N–H and O–H groups in total. The van der Waals surface area contributed by atoms with Gasteiger partial charge in [0.25, 0.3) is 0 Å². The van der Waals surface area contributed by atoms with E-state index >= 15 is 0 Å². The number of thioether (sulfide) groups is 1. The summed E-state index contributed by atoms with van der Waals surface area (Å²) in [7, 11) is 1.60. The molecular weight excluding hydrogens is 364 g/mol. The Labute approximate surface area is 158 Å². The fourth-order valence-corrected chi connectivity index (χ4v) is 3.37. The summed E-state index contributed by atoms with van der Waals surface area (Å²) in [6, 6.07) is 9.25. The van der Waals surface area contributed by atoms with Crippen molar-refractivity contribution in [3.05, 3.63) is 69.9 Å². The third-order valence-electron chi connectivity index (χ3n) is 4.38. The van der Waals surface area contributed by atoms with Gasteiger partial charge in [0.15, 0.2) is 0 Å². The van der Waals surface area contributed by atoms with Gasteiger partial charge in [0, 0.05) is 37.1 Å². The molecule has 4 rings (SSSR count). The molecule has 3 heterocycles. The number of benzene rings is 1. The minimum Gasteiger partial charge on any atom is -0.262 e. The molecule has 0 radical (unpaired) electrons. The highest BCUT2D eigenvalue weighted by molar-refractivity contribution is 7.98. The van der Waals surface area contributed by atoms with E-state index in [1.54, 1.807) is 42.0 Å². The molecule has 8 nitrogen and oxygen atoms in total. The average Bonchev–Trinajstić information content (AvgIpc) is 3.20. The first kappa shape index (κ1) is 17.3. The fraction of sp³-hybridized carbons (Fsp3) is 0.222. The molecular formula is C18H18N6O2S. The maximum absolute atomic E-state index is 12.7. The van der Waals surface area contributed by atoms with Gasteiger partial charge >= 0.3 is 11.4 Å². The van der Waals surface area contributed by atoms with Crippen LogP contribution in [-0.2, 0) is 13.6 Å². The zero-order valence-electron chi connectivity index (χ0n) is 14.9. The Kier molecular flexibility index (Phi) is 4.44. The van der Waals surface area contributed by atoms with E-state index in [0.717, 1.165) is 16.6 Å². The van der Waals surface area contributed by atoms with Crippen molar-refractivity contribution in [3.8, 4) is 11.4 Å². The van der Waals surface area contributed by atoms with Crippen molar-refractivity contribution in [2.75, 3.05) is 12.0 Å². The van der Waals surface area contributed by atoms with Gasteiger partial charge in [0.2, 0.25) is 0 Å². The van der Waals surface area contributed by atoms with Gasteiger partial charge in [-0.1, -0.05) is 0 Å². The first-order chi connectivity index (χ1) is 13.1. The number of aromatic nitrogens is 6. The van der Waals surface area contributed by atoms with Crippen molar-refractivity contribution < 1.29 is 0 Å². The Bertz CT molecular complexity index is 1220. The normalized spacial score (nSPS) is 11.3. The molecule has 0 saturated heterocycles. The summed E-state index contributed by atoms with van der Waals surface area (Å²) in [6.45, 7) is 0.390. The summed E-state index contributed by atoms with van der Waals surface area (Å²) in [6.07, 6.45) is 7.26. The molecule has 0 aliphatic heterocycles. The van der Waals surface area contributed by atoms with Crippen LogP contribution in [0.4, 0.5) is 0 Å². The SMILES string of the molecule is CSCCn1c(=O)n(C)n(-c2ccc3nn(-c4cccnc4)cc3c2)c1=O. The molecule has 0 amide bonds. The number of fused-ring (bicyclic) bond motifs is 1. The molecule has 0 aliphatic rings. The largest absolute Gasteiger partial charge is 0.351 e. The Balaban J connectivity index is 1.81. The van der Waals surface area contributed by atoms with E-state index in [1.807, 2.05) is 36.7 Å². The second-order valence-corrected chi connectivity index (χ2v) is 7.06. The van der Waals surface area contributed by atoms with Crippen LogP contribution in [0.3, 0.4) is 0 Å².